The van der Waals surface area contributed by atoms with Crippen LogP contribution < -0.4 is 25.7 Å². The Labute approximate surface area is 161 Å². The van der Waals surface area contributed by atoms with Crippen LogP contribution in [0.4, 0.5) is 16.3 Å². The van der Waals surface area contributed by atoms with Gasteiger partial charge in [0.1, 0.15) is 11.5 Å². The van der Waals surface area contributed by atoms with E-state index >= 15 is 0 Å². The van der Waals surface area contributed by atoms with E-state index in [1.54, 1.807) is 49.7 Å². The fraction of sp³-hybridized carbons (Fsp3) is 0.150. The highest BCUT2D eigenvalue weighted by Gasteiger charge is 2.12. The molecule has 28 heavy (non-hydrogen) atoms. The number of urea groups is 1. The summed E-state index contributed by atoms with van der Waals surface area (Å²) in [7, 11) is 3.12. The van der Waals surface area contributed by atoms with Gasteiger partial charge in [-0.2, -0.15) is 0 Å². The van der Waals surface area contributed by atoms with Gasteiger partial charge >= 0.3 is 6.03 Å². The molecule has 0 unspecified atom stereocenters. The van der Waals surface area contributed by atoms with Crippen molar-refractivity contribution >= 4 is 17.5 Å². The minimum atomic E-state index is -0.581. The maximum Gasteiger partial charge on any atom is 0.325 e. The third-order valence-corrected chi connectivity index (χ3v) is 4.06. The van der Waals surface area contributed by atoms with Crippen LogP contribution in [0.2, 0.25) is 0 Å². The van der Waals surface area contributed by atoms with Crippen LogP contribution >= 0.6 is 0 Å². The third kappa shape index (κ3) is 4.12. The summed E-state index contributed by atoms with van der Waals surface area (Å²) in [6.07, 6.45) is 2.99. The Hall–Kier alpha value is -3.81. The van der Waals surface area contributed by atoms with Crippen LogP contribution in [0.15, 0.2) is 59.7 Å². The van der Waals surface area contributed by atoms with E-state index in [1.807, 2.05) is 13.0 Å². The summed E-state index contributed by atoms with van der Waals surface area (Å²) < 4.78 is 11.7. The van der Waals surface area contributed by atoms with Gasteiger partial charge in [0.2, 0.25) is 5.82 Å². The lowest BCUT2D eigenvalue weighted by Crippen LogP contribution is -2.28. The van der Waals surface area contributed by atoms with Crippen LogP contribution in [-0.2, 0) is 0 Å². The maximum absolute atomic E-state index is 12.8. The minimum absolute atomic E-state index is 0.0851. The summed E-state index contributed by atoms with van der Waals surface area (Å²) >= 11 is 0. The van der Waals surface area contributed by atoms with E-state index in [4.69, 9.17) is 9.47 Å². The molecule has 8 heteroatoms. The molecule has 2 aromatic carbocycles. The maximum atomic E-state index is 12.8. The first-order valence-electron chi connectivity index (χ1n) is 8.46. The first kappa shape index (κ1) is 19.0. The molecule has 0 saturated carbocycles. The van der Waals surface area contributed by atoms with Crippen LogP contribution in [-0.4, -0.2) is 29.8 Å². The number of aryl methyl sites for hydroxylation is 1. The first-order chi connectivity index (χ1) is 13.5. The quantitative estimate of drug-likeness (QED) is 0.709. The molecule has 0 aliphatic rings. The van der Waals surface area contributed by atoms with Crippen LogP contribution in [0.1, 0.15) is 5.56 Å². The Morgan fingerprint density at radius 1 is 1.04 bits per heavy atom. The molecule has 144 valence electrons. The molecule has 1 heterocycles. The van der Waals surface area contributed by atoms with Gasteiger partial charge in [-0.1, -0.05) is 6.07 Å². The number of aromatic nitrogens is 2. The summed E-state index contributed by atoms with van der Waals surface area (Å²) in [6.45, 7) is 1.87. The van der Waals surface area contributed by atoms with Crippen LogP contribution in [0.25, 0.3) is 5.69 Å². The van der Waals surface area contributed by atoms with E-state index in [0.717, 1.165) is 5.56 Å². The summed E-state index contributed by atoms with van der Waals surface area (Å²) in [5.41, 5.74) is 1.60. The summed E-state index contributed by atoms with van der Waals surface area (Å²) in [5.74, 6) is 1.21. The van der Waals surface area contributed by atoms with Crippen molar-refractivity contribution in [3.05, 3.63) is 70.8 Å². The lowest BCUT2D eigenvalue weighted by Gasteiger charge is -2.12. The second-order valence-corrected chi connectivity index (χ2v) is 5.91. The zero-order chi connectivity index (χ0) is 20.1. The number of hydrogen-bond donors (Lipinski definition) is 2. The molecule has 0 bridgehead atoms. The highest BCUT2D eigenvalue weighted by molar-refractivity contribution is 5.99. The Bertz CT molecular complexity index is 1060. The number of amides is 2. The van der Waals surface area contributed by atoms with Gasteiger partial charge < -0.3 is 14.8 Å². The van der Waals surface area contributed by atoms with E-state index in [9.17, 15) is 9.59 Å². The largest absolute Gasteiger partial charge is 0.497 e. The fourth-order valence-corrected chi connectivity index (χ4v) is 2.68. The van der Waals surface area contributed by atoms with Gasteiger partial charge in [-0.15, -0.1) is 0 Å². The summed E-state index contributed by atoms with van der Waals surface area (Å²) in [6, 6.07) is 11.7. The molecule has 2 N–H and O–H groups in total. The Morgan fingerprint density at radius 3 is 2.50 bits per heavy atom. The number of anilines is 2. The number of rotatable bonds is 5. The molecular weight excluding hydrogens is 360 g/mol. The molecule has 0 aliphatic heterocycles. The molecule has 0 spiro atoms. The van der Waals surface area contributed by atoms with Gasteiger partial charge in [-0.05, 0) is 42.8 Å². The van der Waals surface area contributed by atoms with Crippen molar-refractivity contribution in [1.82, 2.24) is 9.55 Å². The van der Waals surface area contributed by atoms with Gasteiger partial charge in [0, 0.05) is 24.1 Å². The number of nitrogens with zero attached hydrogens (tertiary/aromatic N) is 2. The zero-order valence-electron chi connectivity index (χ0n) is 15.7. The van der Waals surface area contributed by atoms with Crippen molar-refractivity contribution in [2.24, 2.45) is 0 Å². The van der Waals surface area contributed by atoms with Crippen molar-refractivity contribution < 1.29 is 14.3 Å². The molecule has 0 radical (unpaired) electrons. The Balaban J connectivity index is 1.83. The van der Waals surface area contributed by atoms with Gasteiger partial charge in [0.05, 0.1) is 19.9 Å². The predicted octanol–water partition coefficient (Wildman–Crippen LogP) is 3.20. The summed E-state index contributed by atoms with van der Waals surface area (Å²) in [4.78, 5) is 29.0. The highest BCUT2D eigenvalue weighted by atomic mass is 16.5. The van der Waals surface area contributed by atoms with Gasteiger partial charge in [0.15, 0.2) is 0 Å². The Kier molecular flexibility index (Phi) is 5.59. The molecule has 8 nitrogen and oxygen atoms in total. The van der Waals surface area contributed by atoms with Crippen molar-refractivity contribution in [2.45, 2.75) is 6.92 Å². The molecule has 1 aromatic heterocycles. The third-order valence-electron chi connectivity index (χ3n) is 4.06. The van der Waals surface area contributed by atoms with E-state index in [1.165, 1.54) is 17.9 Å². The lowest BCUT2D eigenvalue weighted by atomic mass is 10.2. The van der Waals surface area contributed by atoms with E-state index in [-0.39, 0.29) is 5.82 Å². The molecule has 0 atom stereocenters. The van der Waals surface area contributed by atoms with Crippen molar-refractivity contribution in [3.63, 3.8) is 0 Å². The molecule has 0 aliphatic carbocycles. The monoisotopic (exact) mass is 380 g/mol. The Morgan fingerprint density at radius 2 is 1.79 bits per heavy atom. The smallest absolute Gasteiger partial charge is 0.325 e. The number of benzene rings is 2. The van der Waals surface area contributed by atoms with Gasteiger partial charge in [-0.25, -0.2) is 9.78 Å². The fourth-order valence-electron chi connectivity index (χ4n) is 2.68. The summed E-state index contributed by atoms with van der Waals surface area (Å²) in [5, 5.41) is 5.13. The number of methoxy groups -OCH3 is 2. The van der Waals surface area contributed by atoms with Crippen LogP contribution in [0, 0.1) is 6.92 Å². The molecule has 3 aromatic rings. The minimum Gasteiger partial charge on any atom is -0.497 e. The first-order valence-corrected chi connectivity index (χ1v) is 8.46. The van der Waals surface area contributed by atoms with E-state index in [2.05, 4.69) is 15.6 Å². The van der Waals surface area contributed by atoms with Crippen molar-refractivity contribution in [2.75, 3.05) is 24.9 Å². The number of carbonyl (C=O) groups is 1. The van der Waals surface area contributed by atoms with E-state index < -0.39 is 11.6 Å². The molecule has 0 fully saturated rings. The van der Waals surface area contributed by atoms with Crippen molar-refractivity contribution in [1.29, 1.82) is 0 Å². The molecule has 3 rings (SSSR count). The molecule has 2 amide bonds. The number of ether oxygens (including phenoxy) is 2. The number of hydrogen-bond acceptors (Lipinski definition) is 5. The average molecular weight is 380 g/mol. The normalized spacial score (nSPS) is 10.2. The van der Waals surface area contributed by atoms with E-state index in [0.29, 0.717) is 22.9 Å². The molecule has 0 saturated heterocycles. The van der Waals surface area contributed by atoms with Crippen LogP contribution in [0.5, 0.6) is 11.5 Å². The van der Waals surface area contributed by atoms with Crippen LogP contribution in [0.3, 0.4) is 0 Å². The second-order valence-electron chi connectivity index (χ2n) is 5.91. The second kappa shape index (κ2) is 8.26. The van der Waals surface area contributed by atoms with Gasteiger partial charge in [-0.3, -0.25) is 14.7 Å². The van der Waals surface area contributed by atoms with Gasteiger partial charge in [0.25, 0.3) is 5.56 Å². The lowest BCUT2D eigenvalue weighted by molar-refractivity contribution is 0.262. The topological polar surface area (TPSA) is 94.5 Å². The average Bonchev–Trinajstić information content (AvgIpc) is 2.70. The number of carbonyl (C=O) groups excluding carboxylic acids is 1. The molecular formula is C20H20N4O4. The predicted molar refractivity (Wildman–Crippen MR) is 107 cm³/mol. The standard InChI is InChI=1S/C20H20N4O4/c1-13-11-16(28-3)7-8-17(13)24-10-9-21-18(19(24)25)23-20(26)22-14-5-4-6-15(12-14)27-2/h4-12H,1-3H3,(H2,21,22,23,26). The van der Waals surface area contributed by atoms with Crippen molar-refractivity contribution in [3.8, 4) is 17.2 Å². The number of nitrogens with one attached hydrogen (secondary N) is 2. The SMILES string of the molecule is COc1cccc(NC(=O)Nc2nccn(-c3ccc(OC)cc3C)c2=O)c1. The highest BCUT2D eigenvalue weighted by Crippen LogP contribution is 2.19. The zero-order valence-corrected chi connectivity index (χ0v) is 15.7.